The Bertz CT molecular complexity index is 310. The molecular formula is CH5NO7S2. The van der Waals surface area contributed by atoms with Gasteiger partial charge in [0.2, 0.25) is 0 Å². The summed E-state index contributed by atoms with van der Waals surface area (Å²) in [5.41, 5.74) is 0. The van der Waals surface area contributed by atoms with Gasteiger partial charge in [0.15, 0.2) is 0 Å². The van der Waals surface area contributed by atoms with Crippen LogP contribution in [0, 0.1) is 0 Å². The highest BCUT2D eigenvalue weighted by atomic mass is 32.3. The van der Waals surface area contributed by atoms with Crippen molar-refractivity contribution >= 4 is 20.7 Å². The SMILES string of the molecule is CN(OS(=O)(=O)O)S(=O)(=O)O. The summed E-state index contributed by atoms with van der Waals surface area (Å²) in [6, 6.07) is 0. The Morgan fingerprint density at radius 3 is 1.64 bits per heavy atom. The second-order valence-electron chi connectivity index (χ2n) is 1.39. The maximum atomic E-state index is 9.99. The van der Waals surface area contributed by atoms with E-state index in [1.165, 1.54) is 0 Å². The number of hydrogen-bond donors (Lipinski definition) is 2. The van der Waals surface area contributed by atoms with Crippen molar-refractivity contribution in [2.75, 3.05) is 7.05 Å². The molecular weight excluding hydrogens is 202 g/mol. The Kier molecular flexibility index (Phi) is 2.93. The molecule has 0 aliphatic carbocycles. The summed E-state index contributed by atoms with van der Waals surface area (Å²) in [5.74, 6) is 0. The van der Waals surface area contributed by atoms with Crippen LogP contribution >= 0.6 is 0 Å². The van der Waals surface area contributed by atoms with Gasteiger partial charge in [-0.15, -0.1) is 4.28 Å². The number of hydrogen-bond acceptors (Lipinski definition) is 5. The molecule has 0 atom stereocenters. The zero-order valence-corrected chi connectivity index (χ0v) is 6.83. The van der Waals surface area contributed by atoms with Crippen LogP contribution in [0.25, 0.3) is 0 Å². The molecule has 0 amide bonds. The van der Waals surface area contributed by atoms with E-state index in [0.29, 0.717) is 7.05 Å². The zero-order chi connectivity index (χ0) is 9.28. The first-order valence-electron chi connectivity index (χ1n) is 2.01. The van der Waals surface area contributed by atoms with E-state index in [0.717, 1.165) is 0 Å². The number of hydroxylamine groups is 1. The average Bonchev–Trinajstić information content (AvgIpc) is 1.56. The Morgan fingerprint density at radius 1 is 1.18 bits per heavy atom. The van der Waals surface area contributed by atoms with Gasteiger partial charge in [-0.25, -0.2) is 0 Å². The lowest BCUT2D eigenvalue weighted by molar-refractivity contribution is 0.0457. The molecule has 0 bridgehead atoms. The Hall–Kier alpha value is -0.260. The maximum Gasteiger partial charge on any atom is 0.414 e. The first kappa shape index (κ1) is 10.7. The fraction of sp³-hybridized carbons (Fsp3) is 1.00. The van der Waals surface area contributed by atoms with Crippen LogP contribution in [0.2, 0.25) is 0 Å². The fourth-order valence-corrected chi connectivity index (χ4v) is 0.975. The topological polar surface area (TPSA) is 121 Å². The summed E-state index contributed by atoms with van der Waals surface area (Å²) in [7, 11) is -9.10. The molecule has 0 rings (SSSR count). The predicted octanol–water partition coefficient (Wildman–Crippen LogP) is -1.54. The summed E-state index contributed by atoms with van der Waals surface area (Å²) in [4.78, 5) is 0. The third kappa shape index (κ3) is 5.06. The summed E-state index contributed by atoms with van der Waals surface area (Å²) in [6.45, 7) is 0. The Labute approximate surface area is 63.2 Å². The zero-order valence-electron chi connectivity index (χ0n) is 5.20. The summed E-state index contributed by atoms with van der Waals surface area (Å²) in [5, 5.41) is 0. The number of nitrogens with zero attached hydrogens (tertiary/aromatic N) is 1. The van der Waals surface area contributed by atoms with E-state index in [1.54, 1.807) is 0 Å². The molecule has 0 saturated heterocycles. The number of rotatable bonds is 3. The summed E-state index contributed by atoms with van der Waals surface area (Å²) < 4.78 is 58.4. The minimum absolute atomic E-state index is 0.414. The first-order valence-corrected chi connectivity index (χ1v) is 4.77. The summed E-state index contributed by atoms with van der Waals surface area (Å²) in [6.07, 6.45) is 0. The van der Waals surface area contributed by atoms with Gasteiger partial charge in [-0.1, -0.05) is 0 Å². The molecule has 0 radical (unpaired) electrons. The van der Waals surface area contributed by atoms with E-state index >= 15 is 0 Å². The van der Waals surface area contributed by atoms with Crippen molar-refractivity contribution in [3.05, 3.63) is 0 Å². The normalized spacial score (nSPS) is 13.8. The first-order chi connectivity index (χ1) is 4.63. The summed E-state index contributed by atoms with van der Waals surface area (Å²) >= 11 is 0. The van der Waals surface area contributed by atoms with Gasteiger partial charge in [0.1, 0.15) is 0 Å². The van der Waals surface area contributed by atoms with Crippen molar-refractivity contribution in [2.24, 2.45) is 0 Å². The molecule has 8 nitrogen and oxygen atoms in total. The highest BCUT2D eigenvalue weighted by Gasteiger charge is 2.20. The highest BCUT2D eigenvalue weighted by molar-refractivity contribution is 7.84. The van der Waals surface area contributed by atoms with Crippen LogP contribution in [-0.2, 0) is 25.0 Å². The van der Waals surface area contributed by atoms with Crippen molar-refractivity contribution < 1.29 is 30.2 Å². The van der Waals surface area contributed by atoms with E-state index in [2.05, 4.69) is 4.28 Å². The lowest BCUT2D eigenvalue weighted by Crippen LogP contribution is -2.28. The van der Waals surface area contributed by atoms with Crippen LogP contribution < -0.4 is 0 Å². The molecule has 0 fully saturated rings. The molecule has 2 N–H and O–H groups in total. The predicted molar refractivity (Wildman–Crippen MR) is 31.9 cm³/mol. The van der Waals surface area contributed by atoms with Crippen molar-refractivity contribution in [3.63, 3.8) is 0 Å². The van der Waals surface area contributed by atoms with Crippen LogP contribution in [0.1, 0.15) is 0 Å². The molecule has 10 heteroatoms. The van der Waals surface area contributed by atoms with Crippen LogP contribution in [0.5, 0.6) is 0 Å². The van der Waals surface area contributed by atoms with Gasteiger partial charge in [0.05, 0.1) is 0 Å². The van der Waals surface area contributed by atoms with Crippen LogP contribution in [0.3, 0.4) is 0 Å². The van der Waals surface area contributed by atoms with Crippen LogP contribution in [0.15, 0.2) is 0 Å². The Balaban J connectivity index is 4.47. The molecule has 0 saturated carbocycles. The standard InChI is InChI=1S/CH5NO7S2/c1-2(10(3,4)5)9-11(6,7)8/h1H3,(H,3,4,5)(H,6,7,8). The maximum absolute atomic E-state index is 9.99. The van der Waals surface area contributed by atoms with Crippen LogP contribution in [0.4, 0.5) is 0 Å². The molecule has 0 aliphatic heterocycles. The van der Waals surface area contributed by atoms with E-state index < -0.39 is 25.2 Å². The smallest absolute Gasteiger partial charge is 0.272 e. The minimum Gasteiger partial charge on any atom is -0.272 e. The molecule has 0 heterocycles. The molecule has 0 aromatic carbocycles. The molecule has 11 heavy (non-hydrogen) atoms. The second-order valence-corrected chi connectivity index (χ2v) is 3.80. The van der Waals surface area contributed by atoms with Crippen molar-refractivity contribution in [1.82, 2.24) is 4.47 Å². The van der Waals surface area contributed by atoms with E-state index in [9.17, 15) is 16.8 Å². The van der Waals surface area contributed by atoms with Crippen molar-refractivity contribution in [2.45, 2.75) is 0 Å². The van der Waals surface area contributed by atoms with Gasteiger partial charge < -0.3 is 0 Å². The largest absolute Gasteiger partial charge is 0.414 e. The van der Waals surface area contributed by atoms with Crippen molar-refractivity contribution in [1.29, 1.82) is 0 Å². The minimum atomic E-state index is -4.92. The van der Waals surface area contributed by atoms with Crippen LogP contribution in [-0.4, -0.2) is 37.5 Å². The van der Waals surface area contributed by atoms with Gasteiger partial charge in [-0.3, -0.25) is 9.11 Å². The van der Waals surface area contributed by atoms with Gasteiger partial charge in [0.25, 0.3) is 0 Å². The molecule has 0 unspecified atom stereocenters. The Morgan fingerprint density at radius 2 is 1.55 bits per heavy atom. The quantitative estimate of drug-likeness (QED) is 0.424. The molecule has 0 aromatic heterocycles. The highest BCUT2D eigenvalue weighted by Crippen LogP contribution is 1.97. The third-order valence-electron chi connectivity index (χ3n) is 0.524. The molecule has 68 valence electrons. The average molecular weight is 207 g/mol. The van der Waals surface area contributed by atoms with Gasteiger partial charge in [0, 0.05) is 7.05 Å². The van der Waals surface area contributed by atoms with E-state index in [1.807, 2.05) is 0 Å². The van der Waals surface area contributed by atoms with Crippen molar-refractivity contribution in [3.8, 4) is 0 Å². The van der Waals surface area contributed by atoms with Gasteiger partial charge in [-0.2, -0.15) is 16.8 Å². The monoisotopic (exact) mass is 207 g/mol. The third-order valence-corrected chi connectivity index (χ3v) is 1.75. The molecule has 0 spiro atoms. The van der Waals surface area contributed by atoms with Gasteiger partial charge >= 0.3 is 20.7 Å². The fourth-order valence-electron chi connectivity index (χ4n) is 0.171. The van der Waals surface area contributed by atoms with Gasteiger partial charge in [-0.05, 0) is 4.47 Å². The van der Waals surface area contributed by atoms with E-state index in [4.69, 9.17) is 9.11 Å². The lowest BCUT2D eigenvalue weighted by Gasteiger charge is -2.07. The second kappa shape index (κ2) is 3.00. The lowest BCUT2D eigenvalue weighted by atomic mass is 11.6. The molecule has 0 aromatic rings. The molecule has 0 aliphatic rings. The van der Waals surface area contributed by atoms with E-state index in [-0.39, 0.29) is 0 Å².